The molecular weight excluding hydrogens is 176 g/mol. The number of pyridine rings is 1. The van der Waals surface area contributed by atoms with Crippen molar-refractivity contribution in [3.05, 3.63) is 30.2 Å². The number of nitrogens with zero attached hydrogens (tertiary/aromatic N) is 1. The van der Waals surface area contributed by atoms with Crippen LogP contribution in [0.25, 0.3) is 10.9 Å². The van der Waals surface area contributed by atoms with Gasteiger partial charge in [-0.05, 0) is 13.0 Å². The van der Waals surface area contributed by atoms with E-state index in [2.05, 4.69) is 9.97 Å². The minimum Gasteiger partial charge on any atom is -0.389 e. The van der Waals surface area contributed by atoms with Crippen LogP contribution in [-0.4, -0.2) is 15.1 Å². The van der Waals surface area contributed by atoms with Gasteiger partial charge in [0.05, 0.1) is 17.8 Å². The van der Waals surface area contributed by atoms with Gasteiger partial charge in [-0.15, -0.1) is 0 Å². The number of aromatic amines is 1. The molecule has 2 N–H and O–H groups in total. The molecule has 0 aliphatic heterocycles. The Hall–Kier alpha value is -1.35. The third-order valence-electron chi connectivity index (χ3n) is 1.97. The van der Waals surface area contributed by atoms with E-state index in [4.69, 9.17) is 0 Å². The number of aliphatic hydroxyl groups is 1. The first-order valence-corrected chi connectivity index (χ1v) is 4.88. The van der Waals surface area contributed by atoms with Crippen molar-refractivity contribution in [3.63, 3.8) is 0 Å². The van der Waals surface area contributed by atoms with E-state index < -0.39 is 6.10 Å². The summed E-state index contributed by atoms with van der Waals surface area (Å²) in [7, 11) is 0. The predicted octanol–water partition coefficient (Wildman–Crippen LogP) is 2.64. The number of nitrogens with one attached hydrogen (secondary N) is 1. The molecule has 14 heavy (non-hydrogen) atoms. The molecule has 2 rings (SSSR count). The zero-order valence-electron chi connectivity index (χ0n) is 8.78. The van der Waals surface area contributed by atoms with Crippen LogP contribution in [0.5, 0.6) is 0 Å². The minimum absolute atomic E-state index is 0.429. The molecule has 2 aromatic rings. The molecule has 0 amide bonds. The quantitative estimate of drug-likeness (QED) is 0.729. The van der Waals surface area contributed by atoms with E-state index in [9.17, 15) is 5.11 Å². The smallest absolute Gasteiger partial charge is 0.0782 e. The highest BCUT2D eigenvalue weighted by Crippen LogP contribution is 2.22. The highest BCUT2D eigenvalue weighted by molar-refractivity contribution is 5.82. The Bertz CT molecular complexity index is 393. The molecule has 76 valence electrons. The molecule has 0 aliphatic rings. The maximum Gasteiger partial charge on any atom is 0.0782 e. The van der Waals surface area contributed by atoms with Gasteiger partial charge in [0.1, 0.15) is 0 Å². The molecule has 0 bridgehead atoms. The van der Waals surface area contributed by atoms with Gasteiger partial charge in [-0.25, -0.2) is 0 Å². The zero-order chi connectivity index (χ0) is 10.6. The molecule has 0 fully saturated rings. The molecule has 3 nitrogen and oxygen atoms in total. The molecule has 0 saturated heterocycles. The van der Waals surface area contributed by atoms with Crippen LogP contribution >= 0.6 is 0 Å². The van der Waals surface area contributed by atoms with E-state index >= 15 is 0 Å². The van der Waals surface area contributed by atoms with Crippen molar-refractivity contribution in [2.24, 2.45) is 0 Å². The standard InChI is InChI=1S/C9H10N2O.C2H6/c1-6(12)8-4-11-9-5-10-3-2-7(8)9;1-2/h2-6,11-12H,1H3;1-2H3. The molecule has 1 unspecified atom stereocenters. The van der Waals surface area contributed by atoms with E-state index in [1.54, 1.807) is 19.3 Å². The summed E-state index contributed by atoms with van der Waals surface area (Å²) >= 11 is 0. The summed E-state index contributed by atoms with van der Waals surface area (Å²) in [5, 5.41) is 10.4. The largest absolute Gasteiger partial charge is 0.389 e. The van der Waals surface area contributed by atoms with Gasteiger partial charge in [-0.3, -0.25) is 4.98 Å². The van der Waals surface area contributed by atoms with Crippen molar-refractivity contribution >= 4 is 10.9 Å². The van der Waals surface area contributed by atoms with Gasteiger partial charge in [0.25, 0.3) is 0 Å². The Morgan fingerprint density at radius 3 is 2.79 bits per heavy atom. The summed E-state index contributed by atoms with van der Waals surface area (Å²) in [6, 6.07) is 1.90. The van der Waals surface area contributed by atoms with Gasteiger partial charge in [0, 0.05) is 23.3 Å². The lowest BCUT2D eigenvalue weighted by Crippen LogP contribution is -1.87. The summed E-state index contributed by atoms with van der Waals surface area (Å²) in [5.74, 6) is 0. The van der Waals surface area contributed by atoms with Gasteiger partial charge in [-0.2, -0.15) is 0 Å². The fourth-order valence-corrected chi connectivity index (χ4v) is 1.34. The second-order valence-corrected chi connectivity index (χ2v) is 2.84. The Balaban J connectivity index is 0.000000461. The molecular formula is C11H16N2O. The van der Waals surface area contributed by atoms with Crippen molar-refractivity contribution in [2.45, 2.75) is 26.9 Å². The van der Waals surface area contributed by atoms with Crippen LogP contribution in [0.2, 0.25) is 0 Å². The topological polar surface area (TPSA) is 48.9 Å². The van der Waals surface area contributed by atoms with Crippen LogP contribution in [-0.2, 0) is 0 Å². The summed E-state index contributed by atoms with van der Waals surface area (Å²) in [4.78, 5) is 7.02. The number of aliphatic hydroxyl groups excluding tert-OH is 1. The number of hydrogen-bond acceptors (Lipinski definition) is 2. The van der Waals surface area contributed by atoms with Gasteiger partial charge in [0.2, 0.25) is 0 Å². The third kappa shape index (κ3) is 1.93. The average molecular weight is 192 g/mol. The van der Waals surface area contributed by atoms with Crippen molar-refractivity contribution in [2.75, 3.05) is 0 Å². The fourth-order valence-electron chi connectivity index (χ4n) is 1.34. The lowest BCUT2D eigenvalue weighted by Gasteiger charge is -1.99. The second kappa shape index (κ2) is 4.77. The maximum absolute atomic E-state index is 9.37. The molecule has 0 spiro atoms. The summed E-state index contributed by atoms with van der Waals surface area (Å²) in [6.07, 6.45) is 4.86. The van der Waals surface area contributed by atoms with E-state index in [0.29, 0.717) is 0 Å². The van der Waals surface area contributed by atoms with E-state index in [1.165, 1.54) is 0 Å². The number of hydrogen-bond donors (Lipinski definition) is 2. The molecule has 1 atom stereocenters. The summed E-state index contributed by atoms with van der Waals surface area (Å²) < 4.78 is 0. The van der Waals surface area contributed by atoms with Crippen LogP contribution < -0.4 is 0 Å². The molecule has 0 aromatic carbocycles. The minimum atomic E-state index is -0.429. The van der Waals surface area contributed by atoms with Gasteiger partial charge in [0.15, 0.2) is 0 Å². The summed E-state index contributed by atoms with van der Waals surface area (Å²) in [5.41, 5.74) is 1.89. The van der Waals surface area contributed by atoms with E-state index in [-0.39, 0.29) is 0 Å². The normalized spacial score (nSPS) is 12.0. The number of fused-ring (bicyclic) bond motifs is 1. The Labute approximate surface area is 83.8 Å². The first kappa shape index (κ1) is 10.7. The van der Waals surface area contributed by atoms with Crippen LogP contribution in [0.15, 0.2) is 24.7 Å². The van der Waals surface area contributed by atoms with Gasteiger partial charge < -0.3 is 10.1 Å². The number of H-pyrrole nitrogens is 1. The first-order chi connectivity index (χ1) is 6.79. The average Bonchev–Trinajstić information content (AvgIpc) is 2.64. The first-order valence-electron chi connectivity index (χ1n) is 4.88. The maximum atomic E-state index is 9.37. The van der Waals surface area contributed by atoms with Crippen molar-refractivity contribution < 1.29 is 5.11 Å². The molecule has 3 heteroatoms. The SMILES string of the molecule is CC.CC(O)c1c[nH]c2cnccc12. The lowest BCUT2D eigenvalue weighted by molar-refractivity contribution is 0.201. The Morgan fingerprint density at radius 2 is 2.14 bits per heavy atom. The van der Waals surface area contributed by atoms with Crippen molar-refractivity contribution in [1.82, 2.24) is 9.97 Å². The monoisotopic (exact) mass is 192 g/mol. The fraction of sp³-hybridized carbons (Fsp3) is 0.364. The van der Waals surface area contributed by atoms with Crippen LogP contribution in [0.3, 0.4) is 0 Å². The van der Waals surface area contributed by atoms with Crippen LogP contribution in [0.4, 0.5) is 0 Å². The Kier molecular flexibility index (Phi) is 3.65. The summed E-state index contributed by atoms with van der Waals surface area (Å²) in [6.45, 7) is 5.75. The van der Waals surface area contributed by atoms with Crippen LogP contribution in [0.1, 0.15) is 32.4 Å². The van der Waals surface area contributed by atoms with Crippen LogP contribution in [0, 0.1) is 0 Å². The zero-order valence-corrected chi connectivity index (χ0v) is 8.78. The lowest BCUT2D eigenvalue weighted by atomic mass is 10.1. The van der Waals surface area contributed by atoms with Gasteiger partial charge in [-0.1, -0.05) is 13.8 Å². The van der Waals surface area contributed by atoms with E-state index in [1.807, 2.05) is 26.1 Å². The van der Waals surface area contributed by atoms with E-state index in [0.717, 1.165) is 16.5 Å². The third-order valence-corrected chi connectivity index (χ3v) is 1.97. The highest BCUT2D eigenvalue weighted by Gasteiger charge is 2.06. The van der Waals surface area contributed by atoms with Gasteiger partial charge >= 0.3 is 0 Å². The molecule has 2 heterocycles. The second-order valence-electron chi connectivity index (χ2n) is 2.84. The van der Waals surface area contributed by atoms with Crippen molar-refractivity contribution in [3.8, 4) is 0 Å². The molecule has 2 aromatic heterocycles. The number of rotatable bonds is 1. The highest BCUT2D eigenvalue weighted by atomic mass is 16.3. The molecule has 0 saturated carbocycles. The van der Waals surface area contributed by atoms with Crippen molar-refractivity contribution in [1.29, 1.82) is 0 Å². The number of aromatic nitrogens is 2. The molecule has 0 radical (unpaired) electrons. The Morgan fingerprint density at radius 1 is 1.43 bits per heavy atom. The molecule has 0 aliphatic carbocycles. The predicted molar refractivity (Wildman–Crippen MR) is 58.1 cm³/mol.